The first-order valence-electron chi connectivity index (χ1n) is 8.98. The number of ether oxygens (including phenoxy) is 1. The highest BCUT2D eigenvalue weighted by Gasteiger charge is 2.27. The van der Waals surface area contributed by atoms with Gasteiger partial charge in [0, 0.05) is 16.1 Å². The van der Waals surface area contributed by atoms with Crippen molar-refractivity contribution in [2.75, 3.05) is 5.73 Å². The molecule has 164 valence electrons. The van der Waals surface area contributed by atoms with Crippen LogP contribution in [-0.4, -0.2) is 28.7 Å². The summed E-state index contributed by atoms with van der Waals surface area (Å²) >= 11 is 9.46. The van der Waals surface area contributed by atoms with Crippen LogP contribution >= 0.6 is 27.5 Å². The smallest absolute Gasteiger partial charge is 0.350 e. The van der Waals surface area contributed by atoms with E-state index in [2.05, 4.69) is 26.2 Å². The van der Waals surface area contributed by atoms with Gasteiger partial charge in [-0.25, -0.2) is 4.79 Å². The average Bonchev–Trinajstić information content (AvgIpc) is 3.31. The van der Waals surface area contributed by atoms with Crippen molar-refractivity contribution in [3.8, 4) is 17.1 Å². The fraction of sp³-hybridized carbons (Fsp3) is 0.0500. The Labute approximate surface area is 195 Å². The Morgan fingerprint density at radius 3 is 2.56 bits per heavy atom. The fourth-order valence-corrected chi connectivity index (χ4v) is 4.59. The van der Waals surface area contributed by atoms with Crippen LogP contribution in [0.3, 0.4) is 0 Å². The van der Waals surface area contributed by atoms with E-state index in [1.165, 1.54) is 19.1 Å². The van der Waals surface area contributed by atoms with Gasteiger partial charge in [-0.05, 0) is 37.3 Å². The van der Waals surface area contributed by atoms with Gasteiger partial charge in [-0.15, -0.1) is 9.19 Å². The first kappa shape index (κ1) is 22.1. The third-order valence-electron chi connectivity index (χ3n) is 4.41. The first-order valence-corrected chi connectivity index (χ1v) is 11.6. The molecule has 0 saturated heterocycles. The van der Waals surface area contributed by atoms with Gasteiger partial charge in [-0.1, -0.05) is 50.9 Å². The zero-order chi connectivity index (χ0) is 23.0. The molecule has 2 aromatic heterocycles. The molecular weight excluding hydrogens is 524 g/mol. The molecule has 0 aliphatic rings. The standard InChI is InChI=1S/C20H14BrClN4O5S/c1-11-18(19(25-31-11)14-4-2-3-5-15(14)22)20(27)30-17-10-16(23)26(24-17)32(28,29)13-8-6-12(21)7-9-13/h2-10H,23H2,1H3. The van der Waals surface area contributed by atoms with Crippen molar-refractivity contribution in [3.63, 3.8) is 0 Å². The van der Waals surface area contributed by atoms with Crippen LogP contribution in [0.5, 0.6) is 5.88 Å². The molecule has 9 nitrogen and oxygen atoms in total. The van der Waals surface area contributed by atoms with Gasteiger partial charge in [-0.2, -0.15) is 8.42 Å². The molecule has 0 atom stereocenters. The number of hydrogen-bond donors (Lipinski definition) is 1. The summed E-state index contributed by atoms with van der Waals surface area (Å²) in [6, 6.07) is 13.8. The molecule has 0 spiro atoms. The van der Waals surface area contributed by atoms with Crippen LogP contribution in [0, 0.1) is 6.92 Å². The number of anilines is 1. The van der Waals surface area contributed by atoms with Crippen LogP contribution < -0.4 is 10.5 Å². The molecular formula is C20H14BrClN4O5S. The number of aryl methyl sites for hydroxylation is 1. The predicted molar refractivity (Wildman–Crippen MR) is 120 cm³/mol. The zero-order valence-electron chi connectivity index (χ0n) is 16.3. The second-order valence-electron chi connectivity index (χ2n) is 6.54. The van der Waals surface area contributed by atoms with Gasteiger partial charge in [0.1, 0.15) is 22.8 Å². The van der Waals surface area contributed by atoms with Crippen LogP contribution in [0.15, 0.2) is 68.5 Å². The third-order valence-corrected chi connectivity index (χ3v) is 6.89. The molecule has 4 rings (SSSR count). The number of hydrogen-bond acceptors (Lipinski definition) is 8. The Bertz CT molecular complexity index is 1430. The number of nitrogen functional groups attached to an aromatic ring is 1. The molecule has 0 bridgehead atoms. The van der Waals surface area contributed by atoms with E-state index in [4.69, 9.17) is 26.6 Å². The van der Waals surface area contributed by atoms with Crippen molar-refractivity contribution < 1.29 is 22.5 Å². The van der Waals surface area contributed by atoms with E-state index in [9.17, 15) is 13.2 Å². The average molecular weight is 538 g/mol. The van der Waals surface area contributed by atoms with Crippen molar-refractivity contribution in [1.29, 1.82) is 0 Å². The summed E-state index contributed by atoms with van der Waals surface area (Å²) in [6.45, 7) is 1.54. The molecule has 0 aliphatic carbocycles. The Kier molecular flexibility index (Phi) is 5.80. The van der Waals surface area contributed by atoms with Gasteiger partial charge in [0.2, 0.25) is 5.88 Å². The van der Waals surface area contributed by atoms with Crippen molar-refractivity contribution >= 4 is 49.3 Å². The number of benzene rings is 2. The fourth-order valence-electron chi connectivity index (χ4n) is 2.90. The molecule has 0 amide bonds. The minimum atomic E-state index is -4.10. The van der Waals surface area contributed by atoms with Crippen LogP contribution in [0.1, 0.15) is 16.1 Å². The second-order valence-corrected chi connectivity index (χ2v) is 9.63. The Hall–Kier alpha value is -3.15. The lowest BCUT2D eigenvalue weighted by molar-refractivity contribution is 0.0726. The van der Waals surface area contributed by atoms with E-state index < -0.39 is 16.0 Å². The van der Waals surface area contributed by atoms with E-state index in [1.807, 2.05) is 0 Å². The van der Waals surface area contributed by atoms with Crippen molar-refractivity contribution in [2.45, 2.75) is 11.8 Å². The Morgan fingerprint density at radius 1 is 1.19 bits per heavy atom. The summed E-state index contributed by atoms with van der Waals surface area (Å²) in [4.78, 5) is 12.8. The normalized spacial score (nSPS) is 11.5. The highest BCUT2D eigenvalue weighted by atomic mass is 79.9. The molecule has 2 heterocycles. The monoisotopic (exact) mass is 536 g/mol. The number of nitrogens with zero attached hydrogens (tertiary/aromatic N) is 3. The Balaban J connectivity index is 1.66. The van der Waals surface area contributed by atoms with E-state index in [0.29, 0.717) is 19.1 Å². The second kappa shape index (κ2) is 8.41. The molecule has 32 heavy (non-hydrogen) atoms. The third kappa shape index (κ3) is 4.01. The van der Waals surface area contributed by atoms with Crippen molar-refractivity contribution in [2.24, 2.45) is 0 Å². The summed E-state index contributed by atoms with van der Waals surface area (Å²) in [5, 5.41) is 8.12. The molecule has 0 saturated carbocycles. The molecule has 0 fully saturated rings. The van der Waals surface area contributed by atoms with Crippen molar-refractivity contribution in [3.05, 3.63) is 75.4 Å². The van der Waals surface area contributed by atoms with E-state index in [1.54, 1.807) is 36.4 Å². The maximum atomic E-state index is 12.9. The molecule has 0 aliphatic heterocycles. The maximum Gasteiger partial charge on any atom is 0.350 e. The van der Waals surface area contributed by atoms with E-state index >= 15 is 0 Å². The summed E-state index contributed by atoms with van der Waals surface area (Å²) in [7, 11) is -4.10. The van der Waals surface area contributed by atoms with E-state index in [0.717, 1.165) is 6.07 Å². The largest absolute Gasteiger partial charge is 0.402 e. The van der Waals surface area contributed by atoms with Crippen LogP contribution in [0.4, 0.5) is 5.82 Å². The number of aromatic nitrogens is 3. The lowest BCUT2D eigenvalue weighted by Gasteiger charge is -2.06. The summed E-state index contributed by atoms with van der Waals surface area (Å²) in [6.07, 6.45) is 0. The predicted octanol–water partition coefficient (Wildman–Crippen LogP) is 4.30. The van der Waals surface area contributed by atoms with Gasteiger partial charge in [0.25, 0.3) is 10.0 Å². The highest BCUT2D eigenvalue weighted by molar-refractivity contribution is 9.10. The van der Waals surface area contributed by atoms with Crippen LogP contribution in [-0.2, 0) is 10.0 Å². The SMILES string of the molecule is Cc1onc(-c2ccccc2Cl)c1C(=O)Oc1cc(N)n(S(=O)(=O)c2ccc(Br)cc2)n1. The number of nitrogens with two attached hydrogens (primary N) is 1. The van der Waals surface area contributed by atoms with Gasteiger partial charge in [0.15, 0.2) is 0 Å². The van der Waals surface area contributed by atoms with Gasteiger partial charge in [0.05, 0.1) is 9.92 Å². The zero-order valence-corrected chi connectivity index (χ0v) is 19.5. The lowest BCUT2D eigenvalue weighted by atomic mass is 10.1. The van der Waals surface area contributed by atoms with Crippen LogP contribution in [0.25, 0.3) is 11.3 Å². The lowest BCUT2D eigenvalue weighted by Crippen LogP contribution is -2.17. The van der Waals surface area contributed by atoms with Gasteiger partial charge < -0.3 is 15.0 Å². The number of carbonyl (C=O) groups is 1. The minimum absolute atomic E-state index is 0.0296. The molecule has 0 radical (unpaired) electrons. The summed E-state index contributed by atoms with van der Waals surface area (Å²) < 4.78 is 37.4. The number of halogens is 2. The number of esters is 1. The topological polar surface area (TPSA) is 130 Å². The Morgan fingerprint density at radius 2 is 1.88 bits per heavy atom. The number of rotatable bonds is 5. The summed E-state index contributed by atoms with van der Waals surface area (Å²) in [5.41, 5.74) is 6.52. The maximum absolute atomic E-state index is 12.9. The minimum Gasteiger partial charge on any atom is -0.402 e. The first-order chi connectivity index (χ1) is 15.2. The quantitative estimate of drug-likeness (QED) is 0.373. The van der Waals surface area contributed by atoms with Gasteiger partial charge in [-0.3, -0.25) is 0 Å². The molecule has 4 aromatic rings. The molecule has 0 unspecified atom stereocenters. The van der Waals surface area contributed by atoms with E-state index in [-0.39, 0.29) is 33.6 Å². The van der Waals surface area contributed by atoms with Gasteiger partial charge >= 0.3 is 5.97 Å². The van der Waals surface area contributed by atoms with Crippen LogP contribution in [0.2, 0.25) is 5.02 Å². The molecule has 2 N–H and O–H groups in total. The molecule has 12 heteroatoms. The highest BCUT2D eigenvalue weighted by Crippen LogP contribution is 2.32. The number of carbonyl (C=O) groups excluding carboxylic acids is 1. The molecule has 2 aromatic carbocycles. The van der Waals surface area contributed by atoms with Crippen molar-refractivity contribution in [1.82, 2.24) is 14.3 Å². The summed E-state index contributed by atoms with van der Waals surface area (Å²) in [5.74, 6) is -1.20.